The van der Waals surface area contributed by atoms with Crippen LogP contribution >= 0.6 is 0 Å². The fourth-order valence-corrected chi connectivity index (χ4v) is 4.28. The lowest BCUT2D eigenvalue weighted by molar-refractivity contribution is 0.0471. The summed E-state index contributed by atoms with van der Waals surface area (Å²) in [4.78, 5) is 11.9. The Morgan fingerprint density at radius 2 is 1.84 bits per heavy atom. The normalized spacial score (nSPS) is 33.5. The highest BCUT2D eigenvalue weighted by Crippen LogP contribution is 2.47. The van der Waals surface area contributed by atoms with Crippen molar-refractivity contribution >= 4 is 15.8 Å². The standard InChI is InChI=1S/C13H24N2O3S/c1-12(2,3)18-11(16)15-13(6-7-13)10-4-8-19(14,17)9-5-10/h10,14H,4-9H2,1-3H3,(H,15,16). The monoisotopic (exact) mass is 288 g/mol. The maximum Gasteiger partial charge on any atom is 0.408 e. The lowest BCUT2D eigenvalue weighted by Gasteiger charge is -2.32. The molecule has 5 nitrogen and oxygen atoms in total. The molecule has 19 heavy (non-hydrogen) atoms. The van der Waals surface area contributed by atoms with Gasteiger partial charge < -0.3 is 10.1 Å². The minimum absolute atomic E-state index is 0.154. The summed E-state index contributed by atoms with van der Waals surface area (Å²) in [6.07, 6.45) is 3.13. The zero-order valence-corrected chi connectivity index (χ0v) is 12.8. The average molecular weight is 288 g/mol. The molecule has 0 unspecified atom stereocenters. The summed E-state index contributed by atoms with van der Waals surface area (Å²) < 4.78 is 24.6. The van der Waals surface area contributed by atoms with Crippen molar-refractivity contribution in [1.29, 1.82) is 4.78 Å². The lowest BCUT2D eigenvalue weighted by atomic mass is 9.91. The zero-order valence-electron chi connectivity index (χ0n) is 12.0. The Hall–Kier alpha value is -0.780. The highest BCUT2D eigenvalue weighted by molar-refractivity contribution is 7.92. The first kappa shape index (κ1) is 14.6. The number of amides is 1. The first-order valence-corrected chi connectivity index (χ1v) is 8.77. The molecule has 0 aromatic heterocycles. The second-order valence-electron chi connectivity index (χ2n) is 6.78. The van der Waals surface area contributed by atoms with Crippen LogP contribution in [0.3, 0.4) is 0 Å². The largest absolute Gasteiger partial charge is 0.444 e. The fourth-order valence-electron chi connectivity index (χ4n) is 2.74. The van der Waals surface area contributed by atoms with Crippen LogP contribution in [0.15, 0.2) is 0 Å². The summed E-state index contributed by atoms with van der Waals surface area (Å²) in [6, 6.07) is 0. The molecule has 0 aromatic carbocycles. The topological polar surface area (TPSA) is 79.2 Å². The Kier molecular flexibility index (Phi) is 3.58. The first-order chi connectivity index (χ1) is 8.62. The van der Waals surface area contributed by atoms with Gasteiger partial charge >= 0.3 is 6.09 Å². The van der Waals surface area contributed by atoms with Crippen molar-refractivity contribution in [2.24, 2.45) is 5.92 Å². The van der Waals surface area contributed by atoms with Gasteiger partial charge in [-0.3, -0.25) is 4.78 Å². The van der Waals surface area contributed by atoms with E-state index in [0.717, 1.165) is 25.7 Å². The minimum atomic E-state index is -2.35. The molecule has 0 atom stereocenters. The molecular weight excluding hydrogens is 264 g/mol. The minimum Gasteiger partial charge on any atom is -0.444 e. The number of nitrogens with one attached hydrogen (secondary N) is 2. The second kappa shape index (κ2) is 4.65. The molecule has 2 fully saturated rings. The molecule has 0 bridgehead atoms. The van der Waals surface area contributed by atoms with Crippen molar-refractivity contribution < 1.29 is 13.7 Å². The van der Waals surface area contributed by atoms with Gasteiger partial charge in [0.25, 0.3) is 0 Å². The highest BCUT2D eigenvalue weighted by Gasteiger charge is 2.51. The number of ether oxygens (including phenoxy) is 1. The molecule has 1 saturated carbocycles. The third kappa shape index (κ3) is 3.84. The van der Waals surface area contributed by atoms with Crippen molar-refractivity contribution in [3.63, 3.8) is 0 Å². The van der Waals surface area contributed by atoms with E-state index in [0.29, 0.717) is 17.4 Å². The Labute approximate surface area is 115 Å². The summed E-state index contributed by atoms with van der Waals surface area (Å²) in [5, 5.41) is 3.01. The van der Waals surface area contributed by atoms with E-state index in [1.807, 2.05) is 20.8 Å². The van der Waals surface area contributed by atoms with E-state index in [-0.39, 0.29) is 11.6 Å². The van der Waals surface area contributed by atoms with Crippen molar-refractivity contribution in [3.8, 4) is 0 Å². The molecule has 1 heterocycles. The first-order valence-electron chi connectivity index (χ1n) is 6.87. The third-order valence-corrected chi connectivity index (χ3v) is 5.70. The van der Waals surface area contributed by atoms with Gasteiger partial charge in [-0.05, 0) is 52.4 Å². The molecule has 0 aromatic rings. The van der Waals surface area contributed by atoms with Gasteiger partial charge in [-0.25, -0.2) is 9.00 Å². The molecule has 6 heteroatoms. The van der Waals surface area contributed by atoms with Crippen molar-refractivity contribution in [2.45, 2.75) is 57.6 Å². The summed E-state index contributed by atoms with van der Waals surface area (Å²) in [7, 11) is -2.35. The van der Waals surface area contributed by atoms with Crippen LogP contribution in [0.2, 0.25) is 0 Å². The number of alkyl carbamates (subject to hydrolysis) is 1. The lowest BCUT2D eigenvalue weighted by Crippen LogP contribution is -2.47. The van der Waals surface area contributed by atoms with Crippen LogP contribution in [0.4, 0.5) is 4.79 Å². The molecule has 1 amide bonds. The van der Waals surface area contributed by atoms with Gasteiger partial charge in [0.05, 0.1) is 0 Å². The molecular formula is C13H24N2O3S. The Morgan fingerprint density at radius 1 is 1.32 bits per heavy atom. The number of hydrogen-bond donors (Lipinski definition) is 2. The smallest absolute Gasteiger partial charge is 0.408 e. The van der Waals surface area contributed by atoms with Crippen LogP contribution < -0.4 is 5.32 Å². The Morgan fingerprint density at radius 3 is 2.26 bits per heavy atom. The maximum atomic E-state index is 11.9. The van der Waals surface area contributed by atoms with E-state index in [2.05, 4.69) is 5.32 Å². The molecule has 1 aliphatic carbocycles. The third-order valence-electron chi connectivity index (χ3n) is 3.91. The van der Waals surface area contributed by atoms with Crippen LogP contribution in [-0.2, 0) is 14.5 Å². The van der Waals surface area contributed by atoms with Crippen molar-refractivity contribution in [1.82, 2.24) is 5.32 Å². The summed E-state index contributed by atoms with van der Waals surface area (Å²) >= 11 is 0. The summed E-state index contributed by atoms with van der Waals surface area (Å²) in [5.41, 5.74) is -0.638. The predicted octanol–water partition coefficient (Wildman–Crippen LogP) is 2.50. The van der Waals surface area contributed by atoms with Crippen LogP contribution in [0.1, 0.15) is 46.5 Å². The van der Waals surface area contributed by atoms with Crippen LogP contribution in [-0.4, -0.2) is 32.9 Å². The van der Waals surface area contributed by atoms with E-state index in [9.17, 15) is 9.00 Å². The molecule has 0 radical (unpaired) electrons. The SMILES string of the molecule is CC(C)(C)OC(=O)NC1(C2CCS(=N)(=O)CC2)CC1. The second-order valence-corrected chi connectivity index (χ2v) is 9.22. The van der Waals surface area contributed by atoms with E-state index in [1.165, 1.54) is 0 Å². The van der Waals surface area contributed by atoms with Gasteiger partial charge in [-0.15, -0.1) is 0 Å². The molecule has 2 N–H and O–H groups in total. The van der Waals surface area contributed by atoms with Gasteiger partial charge in [0.2, 0.25) is 0 Å². The number of hydrogen-bond acceptors (Lipinski definition) is 4. The molecule has 2 rings (SSSR count). The fraction of sp³-hybridized carbons (Fsp3) is 0.923. The van der Waals surface area contributed by atoms with Gasteiger partial charge in [0.15, 0.2) is 0 Å². The number of rotatable bonds is 2. The molecule has 110 valence electrons. The van der Waals surface area contributed by atoms with Gasteiger partial charge in [-0.2, -0.15) is 0 Å². The molecule has 0 spiro atoms. The zero-order chi connectivity index (χ0) is 14.3. The van der Waals surface area contributed by atoms with Crippen molar-refractivity contribution in [2.75, 3.05) is 11.5 Å². The average Bonchev–Trinajstić information content (AvgIpc) is 2.95. The predicted molar refractivity (Wildman–Crippen MR) is 74.7 cm³/mol. The van der Waals surface area contributed by atoms with Gasteiger partial charge in [-0.1, -0.05) is 0 Å². The quantitative estimate of drug-likeness (QED) is 0.819. The van der Waals surface area contributed by atoms with E-state index in [1.54, 1.807) is 0 Å². The van der Waals surface area contributed by atoms with Crippen LogP contribution in [0.25, 0.3) is 0 Å². The van der Waals surface area contributed by atoms with Crippen LogP contribution in [0, 0.1) is 10.7 Å². The Balaban J connectivity index is 1.92. The molecule has 1 saturated heterocycles. The van der Waals surface area contributed by atoms with E-state index in [4.69, 9.17) is 9.52 Å². The highest BCUT2D eigenvalue weighted by atomic mass is 32.2. The maximum absolute atomic E-state index is 11.9. The van der Waals surface area contributed by atoms with E-state index >= 15 is 0 Å². The Bertz CT molecular complexity index is 447. The van der Waals surface area contributed by atoms with Crippen LogP contribution in [0.5, 0.6) is 0 Å². The summed E-state index contributed by atoms with van der Waals surface area (Å²) in [5.74, 6) is 1.28. The van der Waals surface area contributed by atoms with Gasteiger partial charge in [0, 0.05) is 26.8 Å². The van der Waals surface area contributed by atoms with Gasteiger partial charge in [0.1, 0.15) is 5.60 Å². The van der Waals surface area contributed by atoms with E-state index < -0.39 is 15.3 Å². The number of carbonyl (C=O) groups is 1. The molecule has 1 aliphatic heterocycles. The number of carbonyl (C=O) groups excluding carboxylic acids is 1. The summed E-state index contributed by atoms with van der Waals surface area (Å²) in [6.45, 7) is 5.55. The molecule has 2 aliphatic rings. The van der Waals surface area contributed by atoms with Crippen molar-refractivity contribution in [3.05, 3.63) is 0 Å².